The molecule has 1 heterocycles. The number of nitrogens with one attached hydrogen (secondary N) is 1. The number of rotatable bonds is 4. The van der Waals surface area contributed by atoms with Crippen LogP contribution in [0.4, 0.5) is 0 Å². The predicted molar refractivity (Wildman–Crippen MR) is 90.1 cm³/mol. The highest BCUT2D eigenvalue weighted by Gasteiger charge is 2.54. The van der Waals surface area contributed by atoms with Gasteiger partial charge in [0.1, 0.15) is 5.82 Å². The third-order valence-corrected chi connectivity index (χ3v) is 5.44. The van der Waals surface area contributed by atoms with Gasteiger partial charge in [-0.2, -0.15) is 0 Å². The van der Waals surface area contributed by atoms with Crippen LogP contribution in [0.2, 0.25) is 5.02 Å². The summed E-state index contributed by atoms with van der Waals surface area (Å²) in [5, 5.41) is 4.40. The van der Waals surface area contributed by atoms with Crippen LogP contribution in [0, 0.1) is 11.3 Å². The highest BCUT2D eigenvalue weighted by molar-refractivity contribution is 6.31. The molecule has 1 N–H and O–H groups in total. The Morgan fingerprint density at radius 2 is 2.14 bits per heavy atom. The lowest BCUT2D eigenvalue weighted by Crippen LogP contribution is -2.66. The fraction of sp³-hybridized carbons (Fsp3) is 0.588. The number of nitrogens with zero attached hydrogens (tertiary/aromatic N) is 2. The SMILES string of the molecule is CO[C@@H]1[C@H](C)[C@@H](NCc2nc3ccc(Cl)cc3n2C)C1(C)C. The summed E-state index contributed by atoms with van der Waals surface area (Å²) in [6.45, 7) is 7.50. The first-order valence-electron chi connectivity index (χ1n) is 7.73. The van der Waals surface area contributed by atoms with Gasteiger partial charge >= 0.3 is 0 Å². The molecule has 0 amide bonds. The van der Waals surface area contributed by atoms with E-state index in [-0.39, 0.29) is 5.41 Å². The summed E-state index contributed by atoms with van der Waals surface area (Å²) in [4.78, 5) is 4.71. The Labute approximate surface area is 136 Å². The minimum atomic E-state index is 0.141. The molecule has 5 heteroatoms. The number of hydrogen-bond acceptors (Lipinski definition) is 3. The number of ether oxygens (including phenoxy) is 1. The quantitative estimate of drug-likeness (QED) is 0.938. The van der Waals surface area contributed by atoms with E-state index < -0.39 is 0 Å². The molecule has 0 saturated heterocycles. The van der Waals surface area contributed by atoms with Crippen LogP contribution in [0.5, 0.6) is 0 Å². The Balaban J connectivity index is 1.76. The van der Waals surface area contributed by atoms with E-state index in [9.17, 15) is 0 Å². The molecule has 120 valence electrons. The third kappa shape index (κ3) is 2.34. The van der Waals surface area contributed by atoms with Crippen molar-refractivity contribution in [3.05, 3.63) is 29.0 Å². The topological polar surface area (TPSA) is 39.1 Å². The first kappa shape index (κ1) is 15.8. The van der Waals surface area contributed by atoms with E-state index in [2.05, 4.69) is 30.7 Å². The number of hydrogen-bond donors (Lipinski definition) is 1. The molecule has 2 aromatic rings. The summed E-state index contributed by atoms with van der Waals surface area (Å²) in [5.41, 5.74) is 2.20. The van der Waals surface area contributed by atoms with E-state index in [0.29, 0.717) is 18.1 Å². The lowest BCUT2D eigenvalue weighted by atomic mass is 9.58. The van der Waals surface area contributed by atoms with Crippen LogP contribution in [-0.2, 0) is 18.3 Å². The van der Waals surface area contributed by atoms with Gasteiger partial charge in [-0.25, -0.2) is 4.98 Å². The number of aryl methyl sites for hydroxylation is 1. The van der Waals surface area contributed by atoms with Crippen LogP contribution < -0.4 is 5.32 Å². The molecule has 1 aromatic heterocycles. The Bertz CT molecular complexity index is 695. The largest absolute Gasteiger partial charge is 0.380 e. The maximum atomic E-state index is 6.08. The second-order valence-corrected chi connectivity index (χ2v) is 7.35. The molecule has 1 fully saturated rings. The summed E-state index contributed by atoms with van der Waals surface area (Å²) in [7, 11) is 3.84. The van der Waals surface area contributed by atoms with Crippen molar-refractivity contribution < 1.29 is 4.74 Å². The Morgan fingerprint density at radius 1 is 1.41 bits per heavy atom. The second kappa shape index (κ2) is 5.52. The number of aromatic nitrogens is 2. The van der Waals surface area contributed by atoms with Gasteiger partial charge in [0.05, 0.1) is 23.7 Å². The zero-order valence-corrected chi connectivity index (χ0v) is 14.6. The van der Waals surface area contributed by atoms with Gasteiger partial charge < -0.3 is 14.6 Å². The molecule has 1 aromatic carbocycles. The summed E-state index contributed by atoms with van der Waals surface area (Å²) in [6, 6.07) is 6.25. The van der Waals surface area contributed by atoms with Crippen molar-refractivity contribution in [2.75, 3.05) is 7.11 Å². The summed E-state index contributed by atoms with van der Waals surface area (Å²) >= 11 is 6.08. The van der Waals surface area contributed by atoms with Gasteiger partial charge in [-0.3, -0.25) is 0 Å². The van der Waals surface area contributed by atoms with Crippen molar-refractivity contribution in [3.63, 3.8) is 0 Å². The minimum absolute atomic E-state index is 0.141. The molecule has 4 nitrogen and oxygen atoms in total. The van der Waals surface area contributed by atoms with Gasteiger partial charge in [0.15, 0.2) is 0 Å². The molecule has 1 saturated carbocycles. The molecule has 0 unspecified atom stereocenters. The Hall–Kier alpha value is -1.10. The number of halogens is 1. The molecule has 1 aliphatic rings. The van der Waals surface area contributed by atoms with Crippen LogP contribution in [0.1, 0.15) is 26.6 Å². The van der Waals surface area contributed by atoms with Crippen LogP contribution in [-0.4, -0.2) is 28.8 Å². The standard InChI is InChI=1S/C17H24ClN3O/c1-10-15(17(2,3)16(10)22-5)19-9-14-20-12-7-6-11(18)8-13(12)21(14)4/h6-8,10,15-16,19H,9H2,1-5H3/t10-,15-,16-/m1/s1. The first-order valence-corrected chi connectivity index (χ1v) is 8.11. The second-order valence-electron chi connectivity index (χ2n) is 6.92. The Kier molecular flexibility index (Phi) is 3.96. The van der Waals surface area contributed by atoms with E-state index in [1.165, 1.54) is 0 Å². The molecule has 3 rings (SSSR count). The van der Waals surface area contributed by atoms with Crippen molar-refractivity contribution >= 4 is 22.6 Å². The van der Waals surface area contributed by atoms with Gasteiger partial charge in [-0.1, -0.05) is 32.4 Å². The molecule has 0 bridgehead atoms. The highest BCUT2D eigenvalue weighted by atomic mass is 35.5. The smallest absolute Gasteiger partial charge is 0.123 e. The van der Waals surface area contributed by atoms with Gasteiger partial charge in [-0.15, -0.1) is 0 Å². The van der Waals surface area contributed by atoms with Crippen LogP contribution >= 0.6 is 11.6 Å². The monoisotopic (exact) mass is 321 g/mol. The van der Waals surface area contributed by atoms with Crippen molar-refractivity contribution in [2.45, 2.75) is 39.5 Å². The van der Waals surface area contributed by atoms with Gasteiger partial charge in [0.25, 0.3) is 0 Å². The zero-order valence-electron chi connectivity index (χ0n) is 13.9. The molecule has 0 radical (unpaired) electrons. The van der Waals surface area contributed by atoms with Crippen LogP contribution in [0.25, 0.3) is 11.0 Å². The number of benzene rings is 1. The molecule has 22 heavy (non-hydrogen) atoms. The molecule has 3 atom stereocenters. The van der Waals surface area contributed by atoms with Crippen molar-refractivity contribution in [1.82, 2.24) is 14.9 Å². The lowest BCUT2D eigenvalue weighted by Gasteiger charge is -2.56. The lowest BCUT2D eigenvalue weighted by molar-refractivity contribution is -0.145. The van der Waals surface area contributed by atoms with E-state index >= 15 is 0 Å². The fourth-order valence-electron chi connectivity index (χ4n) is 4.13. The van der Waals surface area contributed by atoms with Gasteiger partial charge in [0.2, 0.25) is 0 Å². The van der Waals surface area contributed by atoms with E-state index in [1.807, 2.05) is 25.2 Å². The maximum Gasteiger partial charge on any atom is 0.123 e. The van der Waals surface area contributed by atoms with Gasteiger partial charge in [-0.05, 0) is 24.1 Å². The third-order valence-electron chi connectivity index (χ3n) is 5.21. The minimum Gasteiger partial charge on any atom is -0.380 e. The average Bonchev–Trinajstić information content (AvgIpc) is 2.76. The number of fused-ring (bicyclic) bond motifs is 1. The van der Waals surface area contributed by atoms with E-state index in [0.717, 1.165) is 28.4 Å². The zero-order chi connectivity index (χ0) is 16.1. The average molecular weight is 322 g/mol. The molecule has 1 aliphatic carbocycles. The summed E-state index contributed by atoms with van der Waals surface area (Å²) < 4.78 is 7.71. The highest BCUT2D eigenvalue weighted by Crippen LogP contribution is 2.46. The number of imidazole rings is 1. The van der Waals surface area contributed by atoms with Crippen LogP contribution in [0.15, 0.2) is 18.2 Å². The first-order chi connectivity index (χ1) is 10.4. The maximum absolute atomic E-state index is 6.08. The van der Waals surface area contributed by atoms with Crippen molar-refractivity contribution in [3.8, 4) is 0 Å². The summed E-state index contributed by atoms with van der Waals surface area (Å²) in [5.74, 6) is 1.53. The fourth-order valence-corrected chi connectivity index (χ4v) is 4.29. The van der Waals surface area contributed by atoms with E-state index in [1.54, 1.807) is 7.11 Å². The van der Waals surface area contributed by atoms with Crippen molar-refractivity contribution in [2.24, 2.45) is 18.4 Å². The molecule has 0 aliphatic heterocycles. The normalized spacial score (nSPS) is 27.1. The number of methoxy groups -OCH3 is 1. The van der Waals surface area contributed by atoms with E-state index in [4.69, 9.17) is 21.3 Å². The summed E-state index contributed by atoms with van der Waals surface area (Å²) in [6.07, 6.45) is 0.309. The molecular weight excluding hydrogens is 298 g/mol. The van der Waals surface area contributed by atoms with Crippen LogP contribution in [0.3, 0.4) is 0 Å². The molecular formula is C17H24ClN3O. The predicted octanol–water partition coefficient (Wildman–Crippen LogP) is 3.38. The van der Waals surface area contributed by atoms with Crippen molar-refractivity contribution in [1.29, 1.82) is 0 Å². The molecule has 0 spiro atoms. The Morgan fingerprint density at radius 3 is 2.77 bits per heavy atom. The van der Waals surface area contributed by atoms with Gasteiger partial charge in [0, 0.05) is 30.6 Å².